The van der Waals surface area contributed by atoms with Gasteiger partial charge in [-0.25, -0.2) is 0 Å². The lowest BCUT2D eigenvalue weighted by Crippen LogP contribution is -2.37. The van der Waals surface area contributed by atoms with Crippen LogP contribution in [0.1, 0.15) is 43.6 Å². The highest BCUT2D eigenvalue weighted by Crippen LogP contribution is 2.12. The minimum absolute atomic E-state index is 0.0468. The molecular weight excluding hydrogens is 268 g/mol. The van der Waals surface area contributed by atoms with Crippen molar-refractivity contribution in [3.63, 3.8) is 0 Å². The summed E-state index contributed by atoms with van der Waals surface area (Å²) in [5, 5.41) is 0. The first-order valence-electron chi connectivity index (χ1n) is 7.00. The van der Waals surface area contributed by atoms with E-state index in [-0.39, 0.29) is 5.91 Å². The van der Waals surface area contributed by atoms with Crippen molar-refractivity contribution in [3.05, 3.63) is 35.4 Å². The predicted octanol–water partition coefficient (Wildman–Crippen LogP) is 3.08. The van der Waals surface area contributed by atoms with Gasteiger partial charge in [0.2, 0.25) is 0 Å². The lowest BCUT2D eigenvalue weighted by atomic mass is 10.1. The third kappa shape index (κ3) is 4.93. The highest BCUT2D eigenvalue weighted by Gasteiger charge is 2.18. The Balaban J connectivity index is 2.98. The molecule has 1 rings (SSSR count). The maximum Gasteiger partial charge on any atom is 0.253 e. The van der Waals surface area contributed by atoms with E-state index < -0.39 is 0 Å². The molecule has 1 aromatic carbocycles. The largest absolute Gasteiger partial charge is 0.389 e. The average molecular weight is 292 g/mol. The molecule has 1 amide bonds. The van der Waals surface area contributed by atoms with E-state index in [1.54, 1.807) is 6.07 Å². The predicted molar refractivity (Wildman–Crippen MR) is 87.9 cm³/mol. The zero-order valence-corrected chi connectivity index (χ0v) is 13.5. The fraction of sp³-hybridized carbons (Fsp3) is 0.500. The summed E-state index contributed by atoms with van der Waals surface area (Å²) in [4.78, 5) is 14.9. The SMILES string of the molecule is CC(C)CN(CC(C)C)C(=O)c1cccc(C(N)=S)c1. The second-order valence-electron chi connectivity index (χ2n) is 5.94. The van der Waals surface area contributed by atoms with E-state index in [9.17, 15) is 4.79 Å². The number of benzene rings is 1. The van der Waals surface area contributed by atoms with Crippen molar-refractivity contribution in [2.75, 3.05) is 13.1 Å². The van der Waals surface area contributed by atoms with E-state index in [0.717, 1.165) is 18.7 Å². The third-order valence-electron chi connectivity index (χ3n) is 2.85. The zero-order valence-electron chi connectivity index (χ0n) is 12.7. The van der Waals surface area contributed by atoms with Crippen LogP contribution in [0.5, 0.6) is 0 Å². The molecule has 0 unspecified atom stereocenters. The molecule has 4 heteroatoms. The summed E-state index contributed by atoms with van der Waals surface area (Å²) in [6, 6.07) is 7.25. The molecule has 0 radical (unpaired) electrons. The van der Waals surface area contributed by atoms with Crippen molar-refractivity contribution < 1.29 is 4.79 Å². The normalized spacial score (nSPS) is 10.9. The van der Waals surface area contributed by atoms with E-state index >= 15 is 0 Å². The van der Waals surface area contributed by atoms with Crippen LogP contribution in [0.3, 0.4) is 0 Å². The van der Waals surface area contributed by atoms with E-state index in [4.69, 9.17) is 18.0 Å². The Kier molecular flexibility index (Phi) is 6.14. The van der Waals surface area contributed by atoms with Gasteiger partial charge in [-0.05, 0) is 24.0 Å². The summed E-state index contributed by atoms with van der Waals surface area (Å²) < 4.78 is 0. The van der Waals surface area contributed by atoms with Crippen LogP contribution in [0, 0.1) is 11.8 Å². The number of thiocarbonyl (C=S) groups is 1. The molecule has 1 aromatic rings. The molecule has 0 atom stereocenters. The standard InChI is InChI=1S/C16H24N2OS/c1-11(2)9-18(10-12(3)4)16(19)14-7-5-6-13(8-14)15(17)20/h5-8,11-12H,9-10H2,1-4H3,(H2,17,20). The Labute approximate surface area is 127 Å². The van der Waals surface area contributed by atoms with E-state index in [1.165, 1.54) is 0 Å². The Bertz CT molecular complexity index is 473. The summed E-state index contributed by atoms with van der Waals surface area (Å²) in [6.45, 7) is 9.98. The highest BCUT2D eigenvalue weighted by atomic mass is 32.1. The smallest absolute Gasteiger partial charge is 0.253 e. The van der Waals surface area contributed by atoms with Crippen LogP contribution in [-0.2, 0) is 0 Å². The summed E-state index contributed by atoms with van der Waals surface area (Å²) in [5.74, 6) is 0.929. The van der Waals surface area contributed by atoms with Crippen LogP contribution in [-0.4, -0.2) is 28.9 Å². The van der Waals surface area contributed by atoms with Crippen LogP contribution in [0.15, 0.2) is 24.3 Å². The number of amides is 1. The average Bonchev–Trinajstić information content (AvgIpc) is 2.36. The molecule has 0 bridgehead atoms. The number of hydrogen-bond donors (Lipinski definition) is 1. The van der Waals surface area contributed by atoms with E-state index in [2.05, 4.69) is 27.7 Å². The lowest BCUT2D eigenvalue weighted by molar-refractivity contribution is 0.0715. The molecule has 0 heterocycles. The summed E-state index contributed by atoms with van der Waals surface area (Å²) >= 11 is 4.97. The Morgan fingerprint density at radius 3 is 2.10 bits per heavy atom. The molecule has 0 aliphatic heterocycles. The molecule has 0 saturated heterocycles. The lowest BCUT2D eigenvalue weighted by Gasteiger charge is -2.26. The van der Waals surface area contributed by atoms with Crippen LogP contribution >= 0.6 is 12.2 Å². The van der Waals surface area contributed by atoms with Crippen LogP contribution in [0.4, 0.5) is 0 Å². The summed E-state index contributed by atoms with van der Waals surface area (Å²) in [5.41, 5.74) is 7.01. The minimum Gasteiger partial charge on any atom is -0.389 e. The number of nitrogens with two attached hydrogens (primary N) is 1. The van der Waals surface area contributed by atoms with Crippen molar-refractivity contribution in [3.8, 4) is 0 Å². The van der Waals surface area contributed by atoms with Gasteiger partial charge in [-0.2, -0.15) is 0 Å². The van der Waals surface area contributed by atoms with Crippen molar-refractivity contribution in [2.24, 2.45) is 17.6 Å². The first-order valence-corrected chi connectivity index (χ1v) is 7.41. The fourth-order valence-corrected chi connectivity index (χ4v) is 2.24. The summed E-state index contributed by atoms with van der Waals surface area (Å²) in [6.07, 6.45) is 0. The van der Waals surface area contributed by atoms with Crippen LogP contribution < -0.4 is 5.73 Å². The Morgan fingerprint density at radius 1 is 1.15 bits per heavy atom. The second kappa shape index (κ2) is 7.39. The number of nitrogens with zero attached hydrogens (tertiary/aromatic N) is 1. The van der Waals surface area contributed by atoms with Gasteiger partial charge in [-0.15, -0.1) is 0 Å². The Morgan fingerprint density at radius 2 is 1.65 bits per heavy atom. The van der Waals surface area contributed by atoms with Crippen LogP contribution in [0.2, 0.25) is 0 Å². The molecule has 2 N–H and O–H groups in total. The first kappa shape index (κ1) is 16.6. The molecule has 20 heavy (non-hydrogen) atoms. The van der Waals surface area contributed by atoms with Gasteiger partial charge in [-0.1, -0.05) is 52.0 Å². The van der Waals surface area contributed by atoms with Gasteiger partial charge >= 0.3 is 0 Å². The number of carbonyl (C=O) groups excluding carboxylic acids is 1. The molecule has 0 spiro atoms. The number of carbonyl (C=O) groups is 1. The fourth-order valence-electron chi connectivity index (χ4n) is 2.11. The summed E-state index contributed by atoms with van der Waals surface area (Å²) in [7, 11) is 0. The Hall–Kier alpha value is -1.42. The van der Waals surface area contributed by atoms with Crippen molar-refractivity contribution >= 4 is 23.1 Å². The number of rotatable bonds is 6. The van der Waals surface area contributed by atoms with Crippen molar-refractivity contribution in [1.29, 1.82) is 0 Å². The molecule has 0 aliphatic carbocycles. The molecular formula is C16H24N2OS. The van der Waals surface area contributed by atoms with Crippen molar-refractivity contribution in [1.82, 2.24) is 4.90 Å². The van der Waals surface area contributed by atoms with E-state index in [0.29, 0.717) is 22.4 Å². The molecule has 0 aliphatic rings. The van der Waals surface area contributed by atoms with Gasteiger partial charge in [0.25, 0.3) is 5.91 Å². The molecule has 0 saturated carbocycles. The van der Waals surface area contributed by atoms with Gasteiger partial charge in [0.1, 0.15) is 4.99 Å². The van der Waals surface area contributed by atoms with Gasteiger partial charge < -0.3 is 10.6 Å². The molecule has 3 nitrogen and oxygen atoms in total. The molecule has 110 valence electrons. The monoisotopic (exact) mass is 292 g/mol. The maximum atomic E-state index is 12.6. The van der Waals surface area contributed by atoms with Gasteiger partial charge in [0, 0.05) is 24.2 Å². The maximum absolute atomic E-state index is 12.6. The van der Waals surface area contributed by atoms with E-state index in [1.807, 2.05) is 23.1 Å². The zero-order chi connectivity index (χ0) is 15.3. The van der Waals surface area contributed by atoms with Crippen LogP contribution in [0.25, 0.3) is 0 Å². The van der Waals surface area contributed by atoms with Gasteiger partial charge in [0.05, 0.1) is 0 Å². The molecule has 0 fully saturated rings. The van der Waals surface area contributed by atoms with Gasteiger partial charge in [-0.3, -0.25) is 4.79 Å². The first-order chi connectivity index (χ1) is 9.31. The quantitative estimate of drug-likeness (QED) is 0.820. The third-order valence-corrected chi connectivity index (χ3v) is 3.09. The van der Waals surface area contributed by atoms with Gasteiger partial charge in [0.15, 0.2) is 0 Å². The number of hydrogen-bond acceptors (Lipinski definition) is 2. The highest BCUT2D eigenvalue weighted by molar-refractivity contribution is 7.80. The molecule has 0 aromatic heterocycles. The topological polar surface area (TPSA) is 46.3 Å². The second-order valence-corrected chi connectivity index (χ2v) is 6.38. The van der Waals surface area contributed by atoms with Crippen molar-refractivity contribution in [2.45, 2.75) is 27.7 Å². The minimum atomic E-state index is 0.0468.